The van der Waals surface area contributed by atoms with Crippen LogP contribution in [0.2, 0.25) is 18.1 Å². The third kappa shape index (κ3) is 7.78. The number of carbonyl (C=O) groups is 1. The summed E-state index contributed by atoms with van der Waals surface area (Å²) >= 11 is 0. The molecule has 0 saturated heterocycles. The largest absolute Gasteiger partial charge is 0.417 e. The monoisotopic (exact) mass is 588 g/mol. The quantitative estimate of drug-likeness (QED) is 0.115. The Morgan fingerprint density at radius 3 is 2.42 bits per heavy atom. The van der Waals surface area contributed by atoms with Gasteiger partial charge in [-0.25, -0.2) is 8.42 Å². The van der Waals surface area contributed by atoms with Crippen molar-refractivity contribution in [2.24, 2.45) is 0 Å². The predicted molar refractivity (Wildman–Crippen MR) is 159 cm³/mol. The first-order valence-corrected chi connectivity index (χ1v) is 17.8. The lowest BCUT2D eigenvalue weighted by Gasteiger charge is -2.36. The zero-order valence-corrected chi connectivity index (χ0v) is 25.7. The molecule has 1 aromatic heterocycles. The van der Waals surface area contributed by atoms with Crippen molar-refractivity contribution in [1.29, 1.82) is 0 Å². The van der Waals surface area contributed by atoms with Gasteiger partial charge < -0.3 is 14.7 Å². The molecule has 0 saturated carbocycles. The molecule has 2 aromatic carbocycles. The molecule has 0 aliphatic rings. The average molecular weight is 589 g/mol. The van der Waals surface area contributed by atoms with Crippen molar-refractivity contribution in [3.63, 3.8) is 0 Å². The molecule has 0 aliphatic heterocycles. The molecule has 0 bridgehead atoms. The summed E-state index contributed by atoms with van der Waals surface area (Å²) in [5.74, 6) is -0.166. The number of carbonyl (C=O) groups excluding carboxylic acids is 1. The lowest BCUT2D eigenvalue weighted by atomic mass is 10.1. The molecule has 2 N–H and O–H groups in total. The topological polar surface area (TPSA) is 135 Å². The SMILES string of the molecule is CC(C)(C)[Si](C)(C)OCCCN(CCCNC(=O)Cc1c[nH]c2ccccc12)S(=O)(=O)c1ccccc1[N+](=O)[O-]. The van der Waals surface area contributed by atoms with E-state index in [9.17, 15) is 23.3 Å². The summed E-state index contributed by atoms with van der Waals surface area (Å²) in [6, 6.07) is 13.1. The molecule has 218 valence electrons. The second kappa shape index (κ2) is 13.1. The number of amides is 1. The zero-order valence-electron chi connectivity index (χ0n) is 23.9. The van der Waals surface area contributed by atoms with Crippen LogP contribution in [0.25, 0.3) is 10.9 Å². The van der Waals surface area contributed by atoms with E-state index in [0.29, 0.717) is 19.4 Å². The molecule has 0 aliphatic carbocycles. The number of para-hydroxylation sites is 2. The van der Waals surface area contributed by atoms with Crippen molar-refractivity contribution in [3.05, 3.63) is 70.4 Å². The maximum absolute atomic E-state index is 13.6. The van der Waals surface area contributed by atoms with E-state index in [2.05, 4.69) is 44.2 Å². The predicted octanol–water partition coefficient (Wildman–Crippen LogP) is 5.23. The first kappa shape index (κ1) is 31.5. The molecule has 40 heavy (non-hydrogen) atoms. The smallest absolute Gasteiger partial charge is 0.289 e. The second-order valence-corrected chi connectivity index (χ2v) is 18.0. The van der Waals surface area contributed by atoms with Crippen LogP contribution in [0, 0.1) is 10.1 Å². The lowest BCUT2D eigenvalue weighted by molar-refractivity contribution is -0.387. The van der Waals surface area contributed by atoms with Gasteiger partial charge in [0.2, 0.25) is 15.9 Å². The van der Waals surface area contributed by atoms with Gasteiger partial charge in [0.1, 0.15) is 0 Å². The van der Waals surface area contributed by atoms with Crippen LogP contribution in [0.3, 0.4) is 0 Å². The number of nitro groups is 1. The van der Waals surface area contributed by atoms with Gasteiger partial charge in [0.05, 0.1) is 11.3 Å². The third-order valence-electron chi connectivity index (χ3n) is 7.43. The number of aromatic nitrogens is 1. The molecule has 3 rings (SSSR count). The van der Waals surface area contributed by atoms with Crippen LogP contribution < -0.4 is 5.32 Å². The molecule has 1 amide bonds. The number of hydrogen-bond donors (Lipinski definition) is 2. The van der Waals surface area contributed by atoms with Gasteiger partial charge in [-0.05, 0) is 48.7 Å². The number of rotatable bonds is 14. The molecule has 3 aromatic rings. The standard InChI is InChI=1S/C28H40N4O6SSi/c1-28(2,3)40(4,5)38-19-11-18-31(39(36,37)26-15-9-8-14-25(26)32(34)35)17-10-16-29-27(33)20-22-21-30-24-13-7-6-12-23(22)24/h6-9,12-15,21,30H,10-11,16-20H2,1-5H3,(H,29,33). The van der Waals surface area contributed by atoms with Crippen molar-refractivity contribution in [2.75, 3.05) is 26.2 Å². The summed E-state index contributed by atoms with van der Waals surface area (Å²) < 4.78 is 34.6. The summed E-state index contributed by atoms with van der Waals surface area (Å²) in [5, 5.41) is 15.4. The first-order chi connectivity index (χ1) is 18.7. The Bertz CT molecular complexity index is 1430. The Morgan fingerprint density at radius 1 is 1.07 bits per heavy atom. The Kier molecular flexibility index (Phi) is 10.3. The molecule has 10 nitrogen and oxygen atoms in total. The van der Waals surface area contributed by atoms with Crippen molar-refractivity contribution < 1.29 is 22.6 Å². The molecule has 12 heteroatoms. The minimum atomic E-state index is -4.16. The molecule has 0 fully saturated rings. The molecule has 0 unspecified atom stereocenters. The fourth-order valence-corrected chi connectivity index (χ4v) is 6.86. The molecular formula is C28H40N4O6SSi. The van der Waals surface area contributed by atoms with E-state index in [1.54, 1.807) is 0 Å². The maximum atomic E-state index is 13.6. The normalized spacial score (nSPS) is 12.7. The fraction of sp³-hybridized carbons (Fsp3) is 0.464. The highest BCUT2D eigenvalue weighted by Crippen LogP contribution is 2.36. The number of aromatic amines is 1. The van der Waals surface area contributed by atoms with Gasteiger partial charge in [0, 0.05) is 49.4 Å². The molecule has 0 radical (unpaired) electrons. The van der Waals surface area contributed by atoms with E-state index < -0.39 is 29.0 Å². The van der Waals surface area contributed by atoms with E-state index in [-0.39, 0.29) is 41.9 Å². The van der Waals surface area contributed by atoms with E-state index in [0.717, 1.165) is 16.5 Å². The fourth-order valence-electron chi connectivity index (χ4n) is 4.10. The van der Waals surface area contributed by atoms with E-state index >= 15 is 0 Å². The Morgan fingerprint density at radius 2 is 1.73 bits per heavy atom. The second-order valence-electron chi connectivity index (χ2n) is 11.3. The van der Waals surface area contributed by atoms with Gasteiger partial charge in [-0.1, -0.05) is 51.1 Å². The van der Waals surface area contributed by atoms with Crippen LogP contribution >= 0.6 is 0 Å². The summed E-state index contributed by atoms with van der Waals surface area (Å²) in [6.45, 7) is 11.6. The van der Waals surface area contributed by atoms with Gasteiger partial charge in [-0.2, -0.15) is 4.31 Å². The van der Waals surface area contributed by atoms with Gasteiger partial charge in [0.25, 0.3) is 5.69 Å². The summed E-state index contributed by atoms with van der Waals surface area (Å²) in [5.41, 5.74) is 1.38. The zero-order chi connectivity index (χ0) is 29.6. The number of nitro benzene ring substituents is 1. The average Bonchev–Trinajstić information content (AvgIpc) is 3.29. The van der Waals surface area contributed by atoms with Gasteiger partial charge in [-0.3, -0.25) is 14.9 Å². The minimum Gasteiger partial charge on any atom is -0.417 e. The summed E-state index contributed by atoms with van der Waals surface area (Å²) in [4.78, 5) is 26.3. The van der Waals surface area contributed by atoms with E-state index in [1.165, 1.54) is 28.6 Å². The molecule has 0 atom stereocenters. The minimum absolute atomic E-state index is 0.0221. The Balaban J connectivity index is 1.65. The van der Waals surface area contributed by atoms with Crippen molar-refractivity contribution in [1.82, 2.24) is 14.6 Å². The maximum Gasteiger partial charge on any atom is 0.289 e. The number of nitrogens with zero attached hydrogens (tertiary/aromatic N) is 2. The van der Waals surface area contributed by atoms with Crippen molar-refractivity contribution in [2.45, 2.75) is 63.1 Å². The number of benzene rings is 2. The van der Waals surface area contributed by atoms with Crippen LogP contribution in [-0.4, -0.2) is 63.1 Å². The van der Waals surface area contributed by atoms with Crippen LogP contribution in [-0.2, 0) is 25.7 Å². The highest BCUT2D eigenvalue weighted by Gasteiger charge is 2.37. The lowest BCUT2D eigenvalue weighted by Crippen LogP contribution is -2.41. The van der Waals surface area contributed by atoms with Crippen LogP contribution in [0.1, 0.15) is 39.2 Å². The van der Waals surface area contributed by atoms with Crippen molar-refractivity contribution >= 4 is 40.8 Å². The van der Waals surface area contributed by atoms with Crippen molar-refractivity contribution in [3.8, 4) is 0 Å². The Hall–Kier alpha value is -3.06. The van der Waals surface area contributed by atoms with Crippen LogP contribution in [0.5, 0.6) is 0 Å². The molecule has 0 spiro atoms. The number of H-pyrrole nitrogens is 1. The van der Waals surface area contributed by atoms with Crippen LogP contribution in [0.15, 0.2) is 59.6 Å². The first-order valence-electron chi connectivity index (χ1n) is 13.4. The van der Waals surface area contributed by atoms with E-state index in [4.69, 9.17) is 4.43 Å². The summed E-state index contributed by atoms with van der Waals surface area (Å²) in [7, 11) is -6.16. The number of sulfonamides is 1. The highest BCUT2D eigenvalue weighted by atomic mass is 32.2. The van der Waals surface area contributed by atoms with Gasteiger partial charge in [-0.15, -0.1) is 0 Å². The molecular weight excluding hydrogens is 548 g/mol. The number of hydrogen-bond acceptors (Lipinski definition) is 6. The highest BCUT2D eigenvalue weighted by molar-refractivity contribution is 7.89. The third-order valence-corrected chi connectivity index (χ3v) is 13.9. The summed E-state index contributed by atoms with van der Waals surface area (Å²) in [6.07, 6.45) is 2.81. The van der Waals surface area contributed by atoms with Gasteiger partial charge in [0.15, 0.2) is 13.2 Å². The van der Waals surface area contributed by atoms with Crippen LogP contribution in [0.4, 0.5) is 5.69 Å². The number of fused-ring (bicyclic) bond motifs is 1. The van der Waals surface area contributed by atoms with Gasteiger partial charge >= 0.3 is 0 Å². The molecule has 1 heterocycles. The number of nitrogens with one attached hydrogen (secondary N) is 2. The Labute approximate surface area is 237 Å². The van der Waals surface area contributed by atoms with E-state index in [1.807, 2.05) is 30.5 Å².